The Kier molecular flexibility index (Phi) is 3.73. The molecule has 88 valence electrons. The molecule has 0 aromatic heterocycles. The van der Waals surface area contributed by atoms with E-state index in [1.54, 1.807) is 0 Å². The Morgan fingerprint density at radius 3 is 2.65 bits per heavy atom. The average Bonchev–Trinajstić information content (AvgIpc) is 3.06. The Labute approximate surface area is 97.8 Å². The third kappa shape index (κ3) is 3.52. The predicted molar refractivity (Wildman–Crippen MR) is 58.5 cm³/mol. The van der Waals surface area contributed by atoms with Crippen LogP contribution in [0, 0.1) is 11.6 Å². The van der Waals surface area contributed by atoms with E-state index in [4.69, 9.17) is 4.74 Å². The first-order valence-corrected chi connectivity index (χ1v) is 5.22. The van der Waals surface area contributed by atoms with Crippen LogP contribution in [0.2, 0.25) is 0 Å². The molecule has 1 fully saturated rings. The zero-order valence-electron chi connectivity index (χ0n) is 8.98. The molecular weight excluding hydrogens is 227 g/mol. The zero-order chi connectivity index (χ0) is 12.3. The van der Waals surface area contributed by atoms with Gasteiger partial charge in [-0.25, -0.2) is 0 Å². The number of ether oxygens (including phenoxy) is 1. The zero-order valence-corrected chi connectivity index (χ0v) is 8.98. The topological polar surface area (TPSA) is 42.0 Å². The van der Waals surface area contributed by atoms with Crippen molar-refractivity contribution in [2.24, 2.45) is 4.99 Å². The van der Waals surface area contributed by atoms with E-state index >= 15 is 0 Å². The van der Waals surface area contributed by atoms with Crippen LogP contribution in [0.5, 0.6) is 0 Å². The third-order valence-corrected chi connectivity index (χ3v) is 2.49. The molecule has 0 bridgehead atoms. The fourth-order valence-corrected chi connectivity index (χ4v) is 1.67. The number of rotatable bonds is 5. The van der Waals surface area contributed by atoms with Gasteiger partial charge in [-0.05, 0) is 0 Å². The Balaban J connectivity index is 2.10. The van der Waals surface area contributed by atoms with Crippen molar-refractivity contribution in [1.29, 1.82) is 0 Å². The van der Waals surface area contributed by atoms with E-state index in [0.717, 1.165) is 12.2 Å². The van der Waals surface area contributed by atoms with Gasteiger partial charge in [0.15, 0.2) is 0 Å². The van der Waals surface area contributed by atoms with Crippen molar-refractivity contribution >= 4 is 13.3 Å². The summed E-state index contributed by atoms with van der Waals surface area (Å²) >= 11 is 0. The number of aliphatic imine (C=N–C) groups is 1. The van der Waals surface area contributed by atoms with Gasteiger partial charge in [-0.1, -0.05) is 0 Å². The van der Waals surface area contributed by atoms with Gasteiger partial charge in [0.1, 0.15) is 0 Å². The van der Waals surface area contributed by atoms with Crippen molar-refractivity contribution in [1.82, 2.24) is 0 Å². The van der Waals surface area contributed by atoms with Crippen LogP contribution in [0.25, 0.3) is 0 Å². The van der Waals surface area contributed by atoms with Crippen LogP contribution in [0.3, 0.4) is 0 Å². The Morgan fingerprint density at radius 1 is 1.47 bits per heavy atom. The number of epoxide rings is 1. The summed E-state index contributed by atoms with van der Waals surface area (Å²) < 4.78 is 41.2. The second-order valence-corrected chi connectivity index (χ2v) is 3.86. The van der Waals surface area contributed by atoms with Gasteiger partial charge in [-0.2, -0.15) is 0 Å². The molecule has 6 heteroatoms. The van der Waals surface area contributed by atoms with Gasteiger partial charge in [0.05, 0.1) is 0 Å². The maximum absolute atomic E-state index is 13.0. The molecule has 0 radical (unpaired) electrons. The molecule has 0 spiro atoms. The molecule has 1 aliphatic heterocycles. The normalized spacial score (nSPS) is 20.2. The van der Waals surface area contributed by atoms with E-state index < -0.39 is 11.6 Å². The molecule has 1 saturated heterocycles. The molecule has 1 aromatic carbocycles. The van der Waals surface area contributed by atoms with Gasteiger partial charge in [-0.15, -0.1) is 0 Å². The minimum atomic E-state index is -0.616. The quantitative estimate of drug-likeness (QED) is 0.440. The minimum absolute atomic E-state index is 0.0578. The number of halogens is 2. The van der Waals surface area contributed by atoms with Crippen molar-refractivity contribution in [3.8, 4) is 0 Å². The molecule has 1 aliphatic rings. The Morgan fingerprint density at radius 2 is 2.12 bits per heavy atom. The van der Waals surface area contributed by atoms with Gasteiger partial charge in [-0.3, -0.25) is 0 Å². The standard InChI is InChI=1S/C11H10BF2NO2/c13-8-1-7(2-9(14)4-8)3-10(11-5-17-11)15-6-12-16/h1-2,4,6,10-11H,3,5H2/b15-6+/t10-,11+/m0/s1. The summed E-state index contributed by atoms with van der Waals surface area (Å²) in [5, 5.41) is 0. The van der Waals surface area contributed by atoms with Crippen LogP contribution in [0.1, 0.15) is 5.56 Å². The van der Waals surface area contributed by atoms with E-state index in [1.165, 1.54) is 12.1 Å². The van der Waals surface area contributed by atoms with Crippen molar-refractivity contribution in [3.05, 3.63) is 35.4 Å². The molecule has 17 heavy (non-hydrogen) atoms. The summed E-state index contributed by atoms with van der Waals surface area (Å²) in [5.74, 6) is -1.23. The first-order valence-electron chi connectivity index (χ1n) is 5.22. The monoisotopic (exact) mass is 237 g/mol. The van der Waals surface area contributed by atoms with Crippen molar-refractivity contribution in [2.45, 2.75) is 18.6 Å². The van der Waals surface area contributed by atoms with Crippen LogP contribution >= 0.6 is 0 Å². The van der Waals surface area contributed by atoms with Crippen molar-refractivity contribution < 1.29 is 18.2 Å². The molecule has 2 rings (SSSR count). The van der Waals surface area contributed by atoms with E-state index in [1.807, 2.05) is 0 Å². The molecule has 0 saturated carbocycles. The van der Waals surface area contributed by atoms with Crippen LogP contribution in [-0.4, -0.2) is 32.0 Å². The predicted octanol–water partition coefficient (Wildman–Crippen LogP) is 1.35. The first-order chi connectivity index (χ1) is 8.19. The van der Waals surface area contributed by atoms with E-state index in [9.17, 15) is 13.5 Å². The maximum atomic E-state index is 13.0. The molecular formula is C11H10BF2NO2. The summed E-state index contributed by atoms with van der Waals surface area (Å²) in [5.41, 5.74) is 0.506. The summed E-state index contributed by atoms with van der Waals surface area (Å²) in [7, 11) is 0.571. The molecule has 2 atom stereocenters. The average molecular weight is 237 g/mol. The van der Waals surface area contributed by atoms with Gasteiger partial charge >= 0.3 is 97.0 Å². The van der Waals surface area contributed by atoms with Crippen molar-refractivity contribution in [3.63, 3.8) is 0 Å². The van der Waals surface area contributed by atoms with Crippen LogP contribution in [-0.2, 0) is 15.9 Å². The van der Waals surface area contributed by atoms with Crippen LogP contribution < -0.4 is 0 Å². The Hall–Kier alpha value is -1.43. The van der Waals surface area contributed by atoms with Gasteiger partial charge in [0.25, 0.3) is 0 Å². The number of nitrogens with zero attached hydrogens (tertiary/aromatic N) is 1. The first kappa shape index (κ1) is 12.0. The number of hydrogen-bond donors (Lipinski definition) is 0. The Bertz CT molecular complexity index is 429. The molecule has 3 nitrogen and oxygen atoms in total. The SMILES string of the molecule is O=B/C=N/[C@@H](Cc1cc(F)cc(F)c1)[C@H]1CO1. The molecule has 0 unspecified atom stereocenters. The number of hydrogen-bond acceptors (Lipinski definition) is 3. The number of benzene rings is 1. The fraction of sp³-hybridized carbons (Fsp3) is 0.364. The fourth-order valence-electron chi connectivity index (χ4n) is 1.67. The van der Waals surface area contributed by atoms with Crippen LogP contribution in [0.15, 0.2) is 23.2 Å². The molecule has 1 heterocycles. The molecule has 0 N–H and O–H groups in total. The third-order valence-electron chi connectivity index (χ3n) is 2.49. The molecule has 0 aliphatic carbocycles. The molecule has 1 aromatic rings. The van der Waals surface area contributed by atoms with Gasteiger partial charge in [0, 0.05) is 0 Å². The van der Waals surface area contributed by atoms with Gasteiger partial charge in [0.2, 0.25) is 0 Å². The summed E-state index contributed by atoms with van der Waals surface area (Å²) in [6.45, 7) is 0.568. The molecule has 0 amide bonds. The summed E-state index contributed by atoms with van der Waals surface area (Å²) in [6.07, 6.45) is 1.43. The summed E-state index contributed by atoms with van der Waals surface area (Å²) in [4.78, 5) is 4.00. The second-order valence-electron chi connectivity index (χ2n) is 3.86. The van der Waals surface area contributed by atoms with E-state index in [-0.39, 0.29) is 12.1 Å². The van der Waals surface area contributed by atoms with Gasteiger partial charge < -0.3 is 0 Å². The van der Waals surface area contributed by atoms with Crippen LogP contribution in [0.4, 0.5) is 8.78 Å². The summed E-state index contributed by atoms with van der Waals surface area (Å²) in [6, 6.07) is 3.08. The van der Waals surface area contributed by atoms with Crippen molar-refractivity contribution in [2.75, 3.05) is 6.61 Å². The second kappa shape index (κ2) is 5.27. The van der Waals surface area contributed by atoms with E-state index in [2.05, 4.69) is 4.99 Å². The van der Waals surface area contributed by atoms with E-state index in [0.29, 0.717) is 25.7 Å².